The summed E-state index contributed by atoms with van der Waals surface area (Å²) in [6.45, 7) is 5.01. The highest BCUT2D eigenvalue weighted by atomic mass is 32.2. The number of hydrogen-bond acceptors (Lipinski definition) is 7. The van der Waals surface area contributed by atoms with Gasteiger partial charge in [0.05, 0.1) is 5.92 Å². The number of nitrogens with one attached hydrogen (secondary N) is 1. The summed E-state index contributed by atoms with van der Waals surface area (Å²) in [5.74, 6) is 4.01. The first kappa shape index (κ1) is 13.5. The highest BCUT2D eigenvalue weighted by molar-refractivity contribution is 7.99. The van der Waals surface area contributed by atoms with E-state index in [2.05, 4.69) is 32.3 Å². The quantitative estimate of drug-likeness (QED) is 0.917. The van der Waals surface area contributed by atoms with E-state index in [-0.39, 0.29) is 5.92 Å². The zero-order valence-corrected chi connectivity index (χ0v) is 12.4. The molecule has 0 radical (unpaired) electrons. The van der Waals surface area contributed by atoms with Crippen LogP contribution in [0.2, 0.25) is 0 Å². The molecule has 2 aromatic heterocycles. The van der Waals surface area contributed by atoms with Crippen LogP contribution in [0.25, 0.3) is 11.6 Å². The van der Waals surface area contributed by atoms with Gasteiger partial charge in [-0.15, -0.1) is 0 Å². The Hall–Kier alpha value is -1.47. The van der Waals surface area contributed by atoms with Crippen molar-refractivity contribution in [3.8, 4) is 11.6 Å². The van der Waals surface area contributed by atoms with Gasteiger partial charge in [0, 0.05) is 29.9 Å². The maximum Gasteiger partial charge on any atom is 0.240 e. The minimum Gasteiger partial charge on any atom is -0.338 e. The molecular weight excluding hydrogens is 274 g/mol. The molecule has 0 saturated carbocycles. The monoisotopic (exact) mass is 291 g/mol. The maximum atomic E-state index is 5.42. The minimum atomic E-state index is 0.270. The molecule has 1 aliphatic rings. The van der Waals surface area contributed by atoms with E-state index in [0.717, 1.165) is 23.6 Å². The van der Waals surface area contributed by atoms with Crippen LogP contribution in [0.1, 0.15) is 24.3 Å². The Balaban J connectivity index is 1.81. The summed E-state index contributed by atoms with van der Waals surface area (Å²) < 4.78 is 5.42. The smallest absolute Gasteiger partial charge is 0.240 e. The van der Waals surface area contributed by atoms with Crippen LogP contribution in [0.4, 0.5) is 0 Å². The molecule has 2 aromatic rings. The molecule has 0 aliphatic carbocycles. The average molecular weight is 291 g/mol. The first-order valence-electron chi connectivity index (χ1n) is 6.71. The van der Waals surface area contributed by atoms with E-state index < -0.39 is 0 Å². The van der Waals surface area contributed by atoms with Gasteiger partial charge in [0.25, 0.3) is 0 Å². The van der Waals surface area contributed by atoms with E-state index in [1.165, 1.54) is 0 Å². The van der Waals surface area contributed by atoms with Crippen LogP contribution in [-0.2, 0) is 0 Å². The number of aryl methyl sites for hydroxylation is 1. The van der Waals surface area contributed by atoms with E-state index in [1.54, 1.807) is 12.4 Å². The van der Waals surface area contributed by atoms with E-state index in [4.69, 9.17) is 4.52 Å². The second-order valence-electron chi connectivity index (χ2n) is 4.85. The molecular formula is C13H17N5OS. The highest BCUT2D eigenvalue weighted by Crippen LogP contribution is 2.32. The first-order chi connectivity index (χ1) is 9.78. The number of likely N-dealkylation sites (N-methyl/N-ethyl adjacent to an activating group) is 1. The van der Waals surface area contributed by atoms with Gasteiger partial charge < -0.3 is 9.84 Å². The third kappa shape index (κ3) is 2.69. The Morgan fingerprint density at radius 3 is 2.85 bits per heavy atom. The molecule has 1 N–H and O–H groups in total. The van der Waals surface area contributed by atoms with Gasteiger partial charge in [-0.1, -0.05) is 12.1 Å². The summed E-state index contributed by atoms with van der Waals surface area (Å²) in [4.78, 5) is 12.9. The van der Waals surface area contributed by atoms with Gasteiger partial charge in [0.15, 0.2) is 0 Å². The molecule has 1 fully saturated rings. The SMILES string of the molecule is CCNC1CSCC1c1nc(-c2ncc(C)cn2)no1. The zero-order valence-electron chi connectivity index (χ0n) is 11.5. The Morgan fingerprint density at radius 2 is 2.10 bits per heavy atom. The van der Waals surface area contributed by atoms with Crippen molar-refractivity contribution in [3.05, 3.63) is 23.8 Å². The van der Waals surface area contributed by atoms with Crippen LogP contribution < -0.4 is 5.32 Å². The van der Waals surface area contributed by atoms with Gasteiger partial charge in [0.2, 0.25) is 17.5 Å². The molecule has 20 heavy (non-hydrogen) atoms. The largest absolute Gasteiger partial charge is 0.338 e. The molecule has 7 heteroatoms. The number of thioether (sulfide) groups is 1. The van der Waals surface area contributed by atoms with Crippen molar-refractivity contribution in [2.24, 2.45) is 0 Å². The Kier molecular flexibility index (Phi) is 3.98. The summed E-state index contributed by atoms with van der Waals surface area (Å²) in [5.41, 5.74) is 1.01. The van der Waals surface area contributed by atoms with Crippen LogP contribution in [0, 0.1) is 6.92 Å². The lowest BCUT2D eigenvalue weighted by Gasteiger charge is -2.15. The van der Waals surface area contributed by atoms with Gasteiger partial charge in [0.1, 0.15) is 0 Å². The zero-order chi connectivity index (χ0) is 13.9. The molecule has 6 nitrogen and oxygen atoms in total. The molecule has 1 saturated heterocycles. The van der Waals surface area contributed by atoms with Crippen molar-refractivity contribution >= 4 is 11.8 Å². The third-order valence-corrected chi connectivity index (χ3v) is 4.48. The van der Waals surface area contributed by atoms with E-state index in [9.17, 15) is 0 Å². The van der Waals surface area contributed by atoms with Gasteiger partial charge in [-0.3, -0.25) is 0 Å². The number of rotatable bonds is 4. The summed E-state index contributed by atoms with van der Waals surface area (Å²) in [5, 5.41) is 7.48. The Bertz CT molecular complexity index is 570. The van der Waals surface area contributed by atoms with Gasteiger partial charge in [-0.05, 0) is 19.0 Å². The van der Waals surface area contributed by atoms with Crippen LogP contribution in [0.5, 0.6) is 0 Å². The van der Waals surface area contributed by atoms with Gasteiger partial charge in [-0.25, -0.2) is 9.97 Å². The summed E-state index contributed by atoms with van der Waals surface area (Å²) >= 11 is 1.91. The molecule has 1 aliphatic heterocycles. The number of nitrogens with zero attached hydrogens (tertiary/aromatic N) is 4. The van der Waals surface area contributed by atoms with Crippen molar-refractivity contribution in [3.63, 3.8) is 0 Å². The second-order valence-corrected chi connectivity index (χ2v) is 5.92. The van der Waals surface area contributed by atoms with Gasteiger partial charge >= 0.3 is 0 Å². The van der Waals surface area contributed by atoms with E-state index >= 15 is 0 Å². The lowest BCUT2D eigenvalue weighted by molar-refractivity contribution is 0.340. The highest BCUT2D eigenvalue weighted by Gasteiger charge is 2.33. The fourth-order valence-corrected chi connectivity index (χ4v) is 3.61. The lowest BCUT2D eigenvalue weighted by Crippen LogP contribution is -2.34. The van der Waals surface area contributed by atoms with Crippen molar-refractivity contribution in [1.82, 2.24) is 25.4 Å². The summed E-state index contributed by atoms with van der Waals surface area (Å²) in [6.07, 6.45) is 3.51. The molecule has 0 bridgehead atoms. The number of aromatic nitrogens is 4. The average Bonchev–Trinajstić information content (AvgIpc) is 3.08. The third-order valence-electron chi connectivity index (χ3n) is 3.29. The fraction of sp³-hybridized carbons (Fsp3) is 0.538. The normalized spacial score (nSPS) is 22.3. The van der Waals surface area contributed by atoms with E-state index in [1.807, 2.05) is 18.7 Å². The molecule has 106 valence electrons. The van der Waals surface area contributed by atoms with Crippen LogP contribution in [0.3, 0.4) is 0 Å². The lowest BCUT2D eigenvalue weighted by atomic mass is 10.0. The van der Waals surface area contributed by atoms with Gasteiger partial charge in [-0.2, -0.15) is 16.7 Å². The van der Waals surface area contributed by atoms with Crippen LogP contribution in [0.15, 0.2) is 16.9 Å². The Labute approximate surface area is 121 Å². The van der Waals surface area contributed by atoms with Crippen molar-refractivity contribution in [1.29, 1.82) is 0 Å². The molecule has 3 heterocycles. The standard InChI is InChI=1S/C13H17N5OS/c1-3-14-10-7-20-6-9(10)13-17-12(18-19-13)11-15-4-8(2)5-16-11/h4-5,9-10,14H,3,6-7H2,1-2H3. The number of hydrogen-bond donors (Lipinski definition) is 1. The molecule has 0 spiro atoms. The summed E-state index contributed by atoms with van der Waals surface area (Å²) in [6, 6.07) is 0.400. The van der Waals surface area contributed by atoms with Crippen molar-refractivity contribution in [2.75, 3.05) is 18.1 Å². The van der Waals surface area contributed by atoms with Crippen molar-refractivity contribution < 1.29 is 4.52 Å². The second kappa shape index (κ2) is 5.88. The predicted octanol–water partition coefficient (Wildman–Crippen LogP) is 1.64. The predicted molar refractivity (Wildman–Crippen MR) is 77.6 cm³/mol. The maximum absolute atomic E-state index is 5.42. The van der Waals surface area contributed by atoms with Crippen LogP contribution >= 0.6 is 11.8 Å². The Morgan fingerprint density at radius 1 is 1.30 bits per heavy atom. The molecule has 0 amide bonds. The fourth-order valence-electron chi connectivity index (χ4n) is 2.25. The molecule has 3 rings (SSSR count). The van der Waals surface area contributed by atoms with E-state index in [0.29, 0.717) is 23.6 Å². The summed E-state index contributed by atoms with van der Waals surface area (Å²) in [7, 11) is 0. The van der Waals surface area contributed by atoms with Crippen LogP contribution in [-0.4, -0.2) is 44.2 Å². The molecule has 2 unspecified atom stereocenters. The van der Waals surface area contributed by atoms with Crippen molar-refractivity contribution in [2.45, 2.75) is 25.8 Å². The first-order valence-corrected chi connectivity index (χ1v) is 7.87. The minimum absolute atomic E-state index is 0.270. The topological polar surface area (TPSA) is 76.7 Å². The molecule has 2 atom stereocenters. The molecule has 0 aromatic carbocycles.